The molecule has 0 spiro atoms. The fourth-order valence-corrected chi connectivity index (χ4v) is 4.92. The molecule has 2 atom stereocenters. The van der Waals surface area contributed by atoms with Crippen LogP contribution in [0.3, 0.4) is 0 Å². The van der Waals surface area contributed by atoms with Crippen molar-refractivity contribution in [2.75, 3.05) is 10.7 Å². The molecule has 0 radical (unpaired) electrons. The Balaban J connectivity index is 1.67. The number of halogens is 2. The van der Waals surface area contributed by atoms with E-state index in [9.17, 15) is 13.6 Å². The molecule has 2 aromatic rings. The van der Waals surface area contributed by atoms with Crippen LogP contribution >= 0.6 is 24.0 Å². The van der Waals surface area contributed by atoms with Crippen LogP contribution in [0.5, 0.6) is 0 Å². The fraction of sp³-hybridized carbons (Fsp3) is 0.176. The highest BCUT2D eigenvalue weighted by Gasteiger charge is 2.50. The van der Waals surface area contributed by atoms with E-state index in [0.29, 0.717) is 16.6 Å². The van der Waals surface area contributed by atoms with Gasteiger partial charge in [-0.05, 0) is 54.2 Å². The minimum atomic E-state index is -0.364. The molecule has 7 heteroatoms. The monoisotopic (exact) mass is 362 g/mol. The zero-order valence-corrected chi connectivity index (χ0v) is 14.0. The molecule has 3 nitrogen and oxygen atoms in total. The number of nitrogens with zero attached hydrogens (tertiary/aromatic N) is 2. The summed E-state index contributed by atoms with van der Waals surface area (Å²) in [5.41, 5.74) is 1.46. The Bertz CT molecular complexity index is 810. The van der Waals surface area contributed by atoms with Gasteiger partial charge in [0.05, 0.1) is 5.69 Å². The molecule has 4 rings (SSSR count). The maximum absolute atomic E-state index is 13.2. The van der Waals surface area contributed by atoms with Gasteiger partial charge in [0, 0.05) is 5.75 Å². The van der Waals surface area contributed by atoms with Crippen molar-refractivity contribution in [3.63, 3.8) is 0 Å². The maximum Gasteiger partial charge on any atom is 0.257 e. The normalized spacial score (nSPS) is 23.1. The second-order valence-electron chi connectivity index (χ2n) is 5.59. The van der Waals surface area contributed by atoms with E-state index in [1.54, 1.807) is 36.0 Å². The molecule has 24 heavy (non-hydrogen) atoms. The maximum atomic E-state index is 13.2. The van der Waals surface area contributed by atoms with Crippen LogP contribution in [-0.2, 0) is 4.79 Å². The number of benzene rings is 2. The lowest BCUT2D eigenvalue weighted by molar-refractivity contribution is -0.119. The van der Waals surface area contributed by atoms with Crippen LogP contribution in [0.1, 0.15) is 10.9 Å². The molecule has 2 heterocycles. The summed E-state index contributed by atoms with van der Waals surface area (Å²) in [6.45, 7) is 0. The van der Waals surface area contributed by atoms with E-state index in [1.807, 2.05) is 4.90 Å². The summed E-state index contributed by atoms with van der Waals surface area (Å²) in [7, 11) is 0. The molecule has 2 aliphatic heterocycles. The van der Waals surface area contributed by atoms with Gasteiger partial charge in [-0.1, -0.05) is 12.1 Å². The summed E-state index contributed by atoms with van der Waals surface area (Å²) >= 11 is 7.13. The Morgan fingerprint density at radius 2 is 1.58 bits per heavy atom. The Morgan fingerprint density at radius 3 is 2.21 bits per heavy atom. The van der Waals surface area contributed by atoms with Crippen LogP contribution in [0.2, 0.25) is 0 Å². The van der Waals surface area contributed by atoms with E-state index in [4.69, 9.17) is 12.2 Å². The van der Waals surface area contributed by atoms with Crippen molar-refractivity contribution in [1.29, 1.82) is 0 Å². The largest absolute Gasteiger partial charge is 0.319 e. The zero-order valence-electron chi connectivity index (χ0n) is 12.4. The minimum absolute atomic E-state index is 0.108. The van der Waals surface area contributed by atoms with Gasteiger partial charge in [-0.2, -0.15) is 0 Å². The first-order chi connectivity index (χ1) is 11.6. The lowest BCUT2D eigenvalue weighted by Gasteiger charge is -2.25. The number of thioether (sulfide) groups is 1. The zero-order chi connectivity index (χ0) is 16.8. The van der Waals surface area contributed by atoms with E-state index < -0.39 is 0 Å². The molecule has 0 aliphatic carbocycles. The molecule has 2 aromatic carbocycles. The van der Waals surface area contributed by atoms with Gasteiger partial charge in [0.15, 0.2) is 5.11 Å². The van der Waals surface area contributed by atoms with Crippen LogP contribution in [0.15, 0.2) is 48.5 Å². The number of fused-ring (bicyclic) bond motifs is 1. The number of amides is 1. The van der Waals surface area contributed by atoms with Crippen molar-refractivity contribution in [1.82, 2.24) is 4.90 Å². The number of anilines is 1. The first kappa shape index (κ1) is 15.5. The second kappa shape index (κ2) is 5.82. The highest BCUT2D eigenvalue weighted by molar-refractivity contribution is 7.99. The third kappa shape index (κ3) is 2.39. The fourth-order valence-electron chi connectivity index (χ4n) is 3.00. The van der Waals surface area contributed by atoms with Gasteiger partial charge < -0.3 is 4.90 Å². The van der Waals surface area contributed by atoms with Crippen LogP contribution in [0.25, 0.3) is 0 Å². The second-order valence-corrected chi connectivity index (χ2v) is 7.07. The van der Waals surface area contributed by atoms with E-state index in [-0.39, 0.29) is 29.0 Å². The summed E-state index contributed by atoms with van der Waals surface area (Å²) in [5, 5.41) is 0.272. The third-order valence-corrected chi connectivity index (χ3v) is 5.87. The van der Waals surface area contributed by atoms with E-state index in [2.05, 4.69) is 0 Å². The molecule has 0 aromatic heterocycles. The lowest BCUT2D eigenvalue weighted by Crippen LogP contribution is -2.33. The highest BCUT2D eigenvalue weighted by Crippen LogP contribution is 2.46. The summed E-state index contributed by atoms with van der Waals surface area (Å²) in [6, 6.07) is 11.6. The Hall–Kier alpha value is -1.99. The molecule has 1 unspecified atom stereocenters. The molecule has 0 saturated carbocycles. The van der Waals surface area contributed by atoms with Crippen LogP contribution in [0, 0.1) is 11.6 Å². The third-order valence-electron chi connectivity index (χ3n) is 4.16. The predicted octanol–water partition coefficient (Wildman–Crippen LogP) is 3.71. The van der Waals surface area contributed by atoms with Gasteiger partial charge in [0.2, 0.25) is 0 Å². The Labute approximate surface area is 147 Å². The number of thiocarbonyl (C=S) groups is 1. The standard InChI is InChI=1S/C17H12F2N2OS2/c18-11-3-1-10(2-4-11)16-21-14(9-24-16)15(22)20(17(21)23)13-7-5-12(19)6-8-13/h1-8,14,16H,9H2/t14-,16?/m0/s1. The average Bonchev–Trinajstić information content (AvgIpc) is 3.11. The number of carbonyl (C=O) groups is 1. The Morgan fingerprint density at radius 1 is 1.00 bits per heavy atom. The van der Waals surface area contributed by atoms with Crippen LogP contribution in [0.4, 0.5) is 14.5 Å². The molecular formula is C17H12F2N2OS2. The number of carbonyl (C=O) groups excluding carboxylic acids is 1. The lowest BCUT2D eigenvalue weighted by atomic mass is 10.2. The topological polar surface area (TPSA) is 23.6 Å². The summed E-state index contributed by atoms with van der Waals surface area (Å²) in [4.78, 5) is 16.1. The van der Waals surface area contributed by atoms with Gasteiger partial charge in [0.1, 0.15) is 23.1 Å². The van der Waals surface area contributed by atoms with Crippen molar-refractivity contribution in [3.8, 4) is 0 Å². The van der Waals surface area contributed by atoms with Gasteiger partial charge in [-0.3, -0.25) is 9.69 Å². The molecule has 2 aliphatic rings. The molecular weight excluding hydrogens is 350 g/mol. The molecule has 122 valence electrons. The van der Waals surface area contributed by atoms with E-state index in [1.165, 1.54) is 29.2 Å². The van der Waals surface area contributed by atoms with Crippen molar-refractivity contribution in [2.24, 2.45) is 0 Å². The van der Waals surface area contributed by atoms with Crippen LogP contribution < -0.4 is 4.90 Å². The highest BCUT2D eigenvalue weighted by atomic mass is 32.2. The number of hydrogen-bond donors (Lipinski definition) is 0. The number of hydrogen-bond acceptors (Lipinski definition) is 3. The first-order valence-corrected chi connectivity index (χ1v) is 8.81. The Kier molecular flexibility index (Phi) is 3.77. The van der Waals surface area contributed by atoms with E-state index in [0.717, 1.165) is 5.56 Å². The predicted molar refractivity (Wildman–Crippen MR) is 93.7 cm³/mol. The SMILES string of the molecule is O=C1[C@@H]2CSC(c3ccc(F)cc3)N2C(=S)N1c1ccc(F)cc1. The van der Waals surface area contributed by atoms with Gasteiger partial charge in [-0.25, -0.2) is 8.78 Å². The van der Waals surface area contributed by atoms with Crippen molar-refractivity contribution >= 4 is 40.7 Å². The summed E-state index contributed by atoms with van der Waals surface area (Å²) in [6.07, 6.45) is 0. The minimum Gasteiger partial charge on any atom is -0.319 e. The van der Waals surface area contributed by atoms with Gasteiger partial charge >= 0.3 is 0 Å². The molecule has 0 N–H and O–H groups in total. The van der Waals surface area contributed by atoms with Crippen LogP contribution in [-0.4, -0.2) is 27.7 Å². The summed E-state index contributed by atoms with van der Waals surface area (Å²) < 4.78 is 26.3. The van der Waals surface area contributed by atoms with Crippen molar-refractivity contribution < 1.29 is 13.6 Å². The molecule has 2 saturated heterocycles. The quantitative estimate of drug-likeness (QED) is 0.760. The smallest absolute Gasteiger partial charge is 0.257 e. The molecule has 1 amide bonds. The van der Waals surface area contributed by atoms with Gasteiger partial charge in [-0.15, -0.1) is 11.8 Å². The number of rotatable bonds is 2. The van der Waals surface area contributed by atoms with E-state index >= 15 is 0 Å². The molecule has 2 fully saturated rings. The average molecular weight is 362 g/mol. The first-order valence-electron chi connectivity index (χ1n) is 7.35. The van der Waals surface area contributed by atoms with Gasteiger partial charge in [0.25, 0.3) is 5.91 Å². The van der Waals surface area contributed by atoms with Crippen molar-refractivity contribution in [3.05, 3.63) is 65.7 Å². The van der Waals surface area contributed by atoms with Crippen molar-refractivity contribution in [2.45, 2.75) is 11.4 Å². The summed E-state index contributed by atoms with van der Waals surface area (Å²) in [5.74, 6) is -0.162. The molecule has 0 bridgehead atoms.